The van der Waals surface area contributed by atoms with Crippen LogP contribution in [0.5, 0.6) is 0 Å². The number of nitrogens with one attached hydrogen (secondary N) is 1. The highest BCUT2D eigenvalue weighted by molar-refractivity contribution is 5.73. The Kier molecular flexibility index (Phi) is 5.69. The second-order valence-electron chi connectivity index (χ2n) is 4.41. The molecule has 0 aromatic heterocycles. The van der Waals surface area contributed by atoms with Crippen molar-refractivity contribution in [3.8, 4) is 0 Å². The van der Waals surface area contributed by atoms with Crippen LogP contribution >= 0.6 is 0 Å². The Morgan fingerprint density at radius 3 is 2.53 bits per heavy atom. The summed E-state index contributed by atoms with van der Waals surface area (Å²) in [6.45, 7) is 1.89. The smallest absolute Gasteiger partial charge is 0.317 e. The summed E-state index contributed by atoms with van der Waals surface area (Å²) in [5.41, 5.74) is -0.0408. The zero-order valence-electron chi connectivity index (χ0n) is 11.0. The van der Waals surface area contributed by atoms with Gasteiger partial charge in [-0.1, -0.05) is 6.07 Å². The number of amides is 2. The minimum atomic E-state index is -0.625. The van der Waals surface area contributed by atoms with E-state index < -0.39 is 23.8 Å². The number of rotatable bonds is 5. The third-order valence-corrected chi connectivity index (χ3v) is 2.60. The fourth-order valence-corrected chi connectivity index (χ4v) is 1.68. The Hall–Kier alpha value is -1.69. The van der Waals surface area contributed by atoms with Crippen LogP contribution in [0.25, 0.3) is 0 Å². The van der Waals surface area contributed by atoms with Crippen molar-refractivity contribution in [3.63, 3.8) is 0 Å². The molecule has 2 amide bonds. The predicted molar refractivity (Wildman–Crippen MR) is 67.8 cm³/mol. The first kappa shape index (κ1) is 15.4. The molecule has 1 atom stereocenters. The molecular formula is C13H18F2N2O2. The number of carbonyl (C=O) groups is 1. The van der Waals surface area contributed by atoms with Gasteiger partial charge in [0.25, 0.3) is 0 Å². The molecule has 19 heavy (non-hydrogen) atoms. The highest BCUT2D eigenvalue weighted by Crippen LogP contribution is 2.11. The molecule has 1 unspecified atom stereocenters. The van der Waals surface area contributed by atoms with Crippen LogP contribution in [0.4, 0.5) is 13.6 Å². The van der Waals surface area contributed by atoms with Gasteiger partial charge in [-0.05, 0) is 25.5 Å². The minimum Gasteiger partial charge on any atom is -0.392 e. The zero-order valence-corrected chi connectivity index (χ0v) is 11.0. The number of urea groups is 1. The van der Waals surface area contributed by atoms with Crippen LogP contribution in [-0.4, -0.2) is 42.3 Å². The molecule has 0 aliphatic heterocycles. The van der Waals surface area contributed by atoms with E-state index in [-0.39, 0.29) is 25.1 Å². The van der Waals surface area contributed by atoms with Crippen molar-refractivity contribution in [1.29, 1.82) is 0 Å². The van der Waals surface area contributed by atoms with Crippen LogP contribution in [0.2, 0.25) is 0 Å². The second kappa shape index (κ2) is 7.04. The SMILES string of the molecule is CC(O)CN(C)C(=O)NCCc1c(F)cccc1F. The van der Waals surface area contributed by atoms with E-state index in [4.69, 9.17) is 5.11 Å². The fraction of sp³-hybridized carbons (Fsp3) is 0.462. The number of aliphatic hydroxyl groups is 1. The van der Waals surface area contributed by atoms with E-state index in [0.29, 0.717) is 0 Å². The maximum absolute atomic E-state index is 13.3. The summed E-state index contributed by atoms with van der Waals surface area (Å²) in [7, 11) is 1.53. The van der Waals surface area contributed by atoms with Gasteiger partial charge in [0.1, 0.15) is 11.6 Å². The summed E-state index contributed by atoms with van der Waals surface area (Å²) in [4.78, 5) is 12.9. The number of carbonyl (C=O) groups excluding carboxylic acids is 1. The van der Waals surface area contributed by atoms with Crippen LogP contribution in [-0.2, 0) is 6.42 Å². The number of nitrogens with zero attached hydrogens (tertiary/aromatic N) is 1. The van der Waals surface area contributed by atoms with Gasteiger partial charge in [-0.2, -0.15) is 0 Å². The van der Waals surface area contributed by atoms with Crippen molar-refractivity contribution in [2.75, 3.05) is 20.1 Å². The number of aliphatic hydroxyl groups excluding tert-OH is 1. The largest absolute Gasteiger partial charge is 0.392 e. The van der Waals surface area contributed by atoms with Crippen molar-refractivity contribution in [2.45, 2.75) is 19.4 Å². The maximum atomic E-state index is 13.3. The van der Waals surface area contributed by atoms with Crippen LogP contribution in [0.15, 0.2) is 18.2 Å². The normalized spacial score (nSPS) is 12.1. The molecule has 106 valence electrons. The quantitative estimate of drug-likeness (QED) is 0.854. The van der Waals surface area contributed by atoms with Gasteiger partial charge in [-0.3, -0.25) is 0 Å². The van der Waals surface area contributed by atoms with Crippen LogP contribution in [0.1, 0.15) is 12.5 Å². The standard InChI is InChI=1S/C13H18F2N2O2/c1-9(18)8-17(2)13(19)16-7-6-10-11(14)4-3-5-12(10)15/h3-5,9,18H,6-8H2,1-2H3,(H,16,19). The lowest BCUT2D eigenvalue weighted by Gasteiger charge is -2.19. The summed E-state index contributed by atoms with van der Waals surface area (Å²) in [6, 6.07) is 3.26. The van der Waals surface area contributed by atoms with E-state index in [1.807, 2.05) is 0 Å². The molecule has 0 saturated carbocycles. The van der Waals surface area contributed by atoms with Gasteiger partial charge < -0.3 is 15.3 Å². The van der Waals surface area contributed by atoms with Gasteiger partial charge in [-0.15, -0.1) is 0 Å². The van der Waals surface area contributed by atoms with Crippen LogP contribution < -0.4 is 5.32 Å². The molecule has 0 radical (unpaired) electrons. The number of likely N-dealkylation sites (N-methyl/N-ethyl adjacent to an activating group) is 1. The predicted octanol–water partition coefficient (Wildman–Crippen LogP) is 1.53. The Balaban J connectivity index is 2.44. The lowest BCUT2D eigenvalue weighted by atomic mass is 10.1. The number of hydrogen-bond acceptors (Lipinski definition) is 2. The van der Waals surface area contributed by atoms with Crippen molar-refractivity contribution >= 4 is 6.03 Å². The van der Waals surface area contributed by atoms with Gasteiger partial charge in [0.2, 0.25) is 0 Å². The van der Waals surface area contributed by atoms with Crippen LogP contribution in [0, 0.1) is 11.6 Å². The minimum absolute atomic E-state index is 0.0408. The highest BCUT2D eigenvalue weighted by atomic mass is 19.1. The third kappa shape index (κ3) is 4.82. The monoisotopic (exact) mass is 272 g/mol. The molecule has 4 nitrogen and oxygen atoms in total. The first-order valence-corrected chi connectivity index (χ1v) is 6.01. The highest BCUT2D eigenvalue weighted by Gasteiger charge is 2.12. The first-order valence-electron chi connectivity index (χ1n) is 6.01. The topological polar surface area (TPSA) is 52.6 Å². The molecule has 2 N–H and O–H groups in total. The summed E-state index contributed by atoms with van der Waals surface area (Å²) >= 11 is 0. The summed E-state index contributed by atoms with van der Waals surface area (Å²) in [6.07, 6.45) is -0.549. The Morgan fingerprint density at radius 1 is 1.42 bits per heavy atom. The molecule has 0 bridgehead atoms. The van der Waals surface area contributed by atoms with E-state index in [1.165, 1.54) is 30.1 Å². The molecule has 0 heterocycles. The van der Waals surface area contributed by atoms with Gasteiger partial charge in [0.05, 0.1) is 6.10 Å². The summed E-state index contributed by atoms with van der Waals surface area (Å²) in [5.74, 6) is -1.24. The Bertz CT molecular complexity index is 418. The molecular weight excluding hydrogens is 254 g/mol. The maximum Gasteiger partial charge on any atom is 0.317 e. The number of benzene rings is 1. The molecule has 0 aliphatic carbocycles. The second-order valence-corrected chi connectivity index (χ2v) is 4.41. The van der Waals surface area contributed by atoms with Gasteiger partial charge in [0, 0.05) is 25.7 Å². The lowest BCUT2D eigenvalue weighted by molar-refractivity contribution is 0.144. The molecule has 6 heteroatoms. The molecule has 0 saturated heterocycles. The van der Waals surface area contributed by atoms with Crippen LogP contribution in [0.3, 0.4) is 0 Å². The van der Waals surface area contributed by atoms with Crippen molar-refractivity contribution < 1.29 is 18.7 Å². The van der Waals surface area contributed by atoms with Gasteiger partial charge >= 0.3 is 6.03 Å². The summed E-state index contributed by atoms with van der Waals surface area (Å²) < 4.78 is 26.6. The fourth-order valence-electron chi connectivity index (χ4n) is 1.68. The number of hydrogen-bond donors (Lipinski definition) is 2. The molecule has 0 spiro atoms. The Labute approximate surface area is 111 Å². The van der Waals surface area contributed by atoms with Gasteiger partial charge in [-0.25, -0.2) is 13.6 Å². The average molecular weight is 272 g/mol. The summed E-state index contributed by atoms with van der Waals surface area (Å²) in [5, 5.41) is 11.7. The average Bonchev–Trinajstić information content (AvgIpc) is 2.31. The lowest BCUT2D eigenvalue weighted by Crippen LogP contribution is -2.41. The first-order chi connectivity index (χ1) is 8.91. The Morgan fingerprint density at radius 2 is 2.00 bits per heavy atom. The van der Waals surface area contributed by atoms with Crippen molar-refractivity contribution in [3.05, 3.63) is 35.4 Å². The molecule has 1 rings (SSSR count). The van der Waals surface area contributed by atoms with E-state index >= 15 is 0 Å². The van der Waals surface area contributed by atoms with Crippen molar-refractivity contribution in [1.82, 2.24) is 10.2 Å². The van der Waals surface area contributed by atoms with E-state index in [0.717, 1.165) is 0 Å². The van der Waals surface area contributed by atoms with Gasteiger partial charge in [0.15, 0.2) is 0 Å². The van der Waals surface area contributed by atoms with E-state index in [9.17, 15) is 13.6 Å². The van der Waals surface area contributed by atoms with E-state index in [2.05, 4.69) is 5.32 Å². The zero-order chi connectivity index (χ0) is 14.4. The molecule has 0 fully saturated rings. The number of halogens is 2. The van der Waals surface area contributed by atoms with Crippen molar-refractivity contribution in [2.24, 2.45) is 0 Å². The molecule has 1 aromatic carbocycles. The molecule has 0 aliphatic rings. The molecule has 1 aromatic rings. The third-order valence-electron chi connectivity index (χ3n) is 2.60. The van der Waals surface area contributed by atoms with E-state index in [1.54, 1.807) is 6.92 Å².